The van der Waals surface area contributed by atoms with Crippen molar-refractivity contribution < 1.29 is 28.7 Å². The van der Waals surface area contributed by atoms with E-state index in [0.29, 0.717) is 0 Å². The molecule has 0 bridgehead atoms. The topological polar surface area (TPSA) is 90.9 Å². The van der Waals surface area contributed by atoms with Crippen molar-refractivity contribution in [2.45, 2.75) is 33.3 Å². The molecule has 0 aromatic rings. The third-order valence-electron chi connectivity index (χ3n) is 1.20. The summed E-state index contributed by atoms with van der Waals surface area (Å²) in [6.45, 7) is 5.48. The van der Waals surface area contributed by atoms with E-state index < -0.39 is 30.1 Å². The fraction of sp³-hybridized carbons (Fsp3) is 0.700. The molecule has 0 saturated carbocycles. The molecular formula is C10H17NO6. The molecule has 0 fully saturated rings. The molecule has 0 amide bonds. The van der Waals surface area contributed by atoms with Crippen molar-refractivity contribution in [3.63, 3.8) is 0 Å². The first-order valence-electron chi connectivity index (χ1n) is 4.98. The number of hydroxylamine groups is 1. The lowest BCUT2D eigenvalue weighted by atomic mass is 10.2. The minimum Gasteiger partial charge on any atom is -0.457 e. The van der Waals surface area contributed by atoms with Crippen LogP contribution in [-0.4, -0.2) is 36.7 Å². The lowest BCUT2D eigenvalue weighted by Gasteiger charge is -2.19. The van der Waals surface area contributed by atoms with Crippen LogP contribution in [-0.2, 0) is 28.7 Å². The third-order valence-corrected chi connectivity index (χ3v) is 1.20. The molecule has 0 spiro atoms. The van der Waals surface area contributed by atoms with E-state index in [1.165, 1.54) is 6.92 Å². The van der Waals surface area contributed by atoms with E-state index in [9.17, 15) is 14.4 Å². The van der Waals surface area contributed by atoms with E-state index in [4.69, 9.17) is 4.74 Å². The molecule has 17 heavy (non-hydrogen) atoms. The highest BCUT2D eigenvalue weighted by molar-refractivity contribution is 5.77. The van der Waals surface area contributed by atoms with Crippen LogP contribution in [0.4, 0.5) is 0 Å². The number of hydrogen-bond donors (Lipinski definition) is 1. The third kappa shape index (κ3) is 10.6. The Morgan fingerprint density at radius 1 is 1.12 bits per heavy atom. The van der Waals surface area contributed by atoms with E-state index >= 15 is 0 Å². The van der Waals surface area contributed by atoms with Crippen molar-refractivity contribution in [2.24, 2.45) is 0 Å². The quantitative estimate of drug-likeness (QED) is 0.413. The van der Waals surface area contributed by atoms with E-state index in [0.717, 1.165) is 0 Å². The number of esters is 2. The van der Waals surface area contributed by atoms with Gasteiger partial charge in [0, 0.05) is 6.92 Å². The summed E-state index contributed by atoms with van der Waals surface area (Å²) >= 11 is 0. The van der Waals surface area contributed by atoms with Crippen LogP contribution in [0.1, 0.15) is 27.7 Å². The second-order valence-corrected chi connectivity index (χ2v) is 4.16. The minimum absolute atomic E-state index is 0.331. The van der Waals surface area contributed by atoms with Crippen molar-refractivity contribution in [1.82, 2.24) is 5.48 Å². The van der Waals surface area contributed by atoms with E-state index in [-0.39, 0.29) is 6.54 Å². The Balaban J connectivity index is 3.70. The molecule has 0 saturated heterocycles. The summed E-state index contributed by atoms with van der Waals surface area (Å²) in [5, 5.41) is 0. The molecule has 1 N–H and O–H groups in total. The predicted molar refractivity (Wildman–Crippen MR) is 56.6 cm³/mol. The average Bonchev–Trinajstić information content (AvgIpc) is 2.11. The minimum atomic E-state index is -0.725. The highest BCUT2D eigenvalue weighted by atomic mass is 16.7. The standard InChI is InChI=1S/C10H17NO6/c1-7(12)17-11-5-8(13)15-6-9(14)16-10(2,3)4/h11H,5-6H2,1-4H3. The summed E-state index contributed by atoms with van der Waals surface area (Å²) in [6, 6.07) is 0. The van der Waals surface area contributed by atoms with Gasteiger partial charge in [-0.05, 0) is 20.8 Å². The maximum atomic E-state index is 11.1. The van der Waals surface area contributed by atoms with Gasteiger partial charge in [-0.25, -0.2) is 4.79 Å². The maximum Gasteiger partial charge on any atom is 0.344 e. The average molecular weight is 247 g/mol. The van der Waals surface area contributed by atoms with Crippen LogP contribution in [0.5, 0.6) is 0 Å². The second kappa shape index (κ2) is 6.85. The first-order chi connectivity index (χ1) is 7.70. The van der Waals surface area contributed by atoms with Crippen molar-refractivity contribution in [3.05, 3.63) is 0 Å². The van der Waals surface area contributed by atoms with Crippen molar-refractivity contribution in [1.29, 1.82) is 0 Å². The zero-order valence-corrected chi connectivity index (χ0v) is 10.4. The molecule has 0 aliphatic carbocycles. The van der Waals surface area contributed by atoms with E-state index in [2.05, 4.69) is 15.1 Å². The predicted octanol–water partition coefficient (Wildman–Crippen LogP) is -0.0610. The van der Waals surface area contributed by atoms with Crippen molar-refractivity contribution in [3.8, 4) is 0 Å². The number of ether oxygens (including phenoxy) is 2. The molecule has 0 radical (unpaired) electrons. The van der Waals surface area contributed by atoms with Gasteiger partial charge in [0.05, 0.1) is 0 Å². The zero-order valence-electron chi connectivity index (χ0n) is 10.4. The van der Waals surface area contributed by atoms with Gasteiger partial charge in [0.1, 0.15) is 12.1 Å². The van der Waals surface area contributed by atoms with Crippen LogP contribution in [0, 0.1) is 0 Å². The molecule has 0 aromatic heterocycles. The summed E-state index contributed by atoms with van der Waals surface area (Å²) in [6.07, 6.45) is 0. The summed E-state index contributed by atoms with van der Waals surface area (Å²) < 4.78 is 9.47. The van der Waals surface area contributed by atoms with Gasteiger partial charge < -0.3 is 14.3 Å². The smallest absolute Gasteiger partial charge is 0.344 e. The van der Waals surface area contributed by atoms with Crippen LogP contribution in [0.3, 0.4) is 0 Å². The molecule has 0 aliphatic rings. The molecular weight excluding hydrogens is 230 g/mol. The van der Waals surface area contributed by atoms with Gasteiger partial charge in [-0.1, -0.05) is 0 Å². The SMILES string of the molecule is CC(=O)ONCC(=O)OCC(=O)OC(C)(C)C. The second-order valence-electron chi connectivity index (χ2n) is 4.16. The summed E-state index contributed by atoms with van der Waals surface area (Å²) in [5.74, 6) is -1.94. The highest BCUT2D eigenvalue weighted by Gasteiger charge is 2.17. The Kier molecular flexibility index (Phi) is 6.19. The largest absolute Gasteiger partial charge is 0.457 e. The van der Waals surface area contributed by atoms with Crippen LogP contribution >= 0.6 is 0 Å². The van der Waals surface area contributed by atoms with Crippen LogP contribution in [0.25, 0.3) is 0 Å². The molecule has 7 nitrogen and oxygen atoms in total. The summed E-state index contributed by atoms with van der Waals surface area (Å²) in [7, 11) is 0. The molecule has 0 aromatic carbocycles. The molecule has 98 valence electrons. The number of carbonyl (C=O) groups is 3. The zero-order chi connectivity index (χ0) is 13.5. The number of carbonyl (C=O) groups excluding carboxylic acids is 3. The first-order valence-corrected chi connectivity index (χ1v) is 4.98. The van der Waals surface area contributed by atoms with Crippen LogP contribution in [0.2, 0.25) is 0 Å². The molecule has 7 heteroatoms. The number of hydrogen-bond acceptors (Lipinski definition) is 7. The molecule has 0 aliphatic heterocycles. The summed E-state index contributed by atoms with van der Waals surface area (Å²) in [5.41, 5.74) is 1.45. The Bertz CT molecular complexity index is 294. The van der Waals surface area contributed by atoms with Crippen LogP contribution < -0.4 is 5.48 Å². The molecule has 0 heterocycles. The van der Waals surface area contributed by atoms with E-state index in [1.54, 1.807) is 20.8 Å². The Morgan fingerprint density at radius 3 is 2.18 bits per heavy atom. The Morgan fingerprint density at radius 2 is 1.71 bits per heavy atom. The maximum absolute atomic E-state index is 11.1. The van der Waals surface area contributed by atoms with Gasteiger partial charge in [0.25, 0.3) is 0 Å². The first kappa shape index (κ1) is 15.4. The number of rotatable bonds is 5. The Hall–Kier alpha value is -1.63. The normalized spacial score (nSPS) is 10.6. The molecule has 0 unspecified atom stereocenters. The summed E-state index contributed by atoms with van der Waals surface area (Å²) in [4.78, 5) is 36.8. The van der Waals surface area contributed by atoms with Gasteiger partial charge >= 0.3 is 17.9 Å². The monoisotopic (exact) mass is 247 g/mol. The van der Waals surface area contributed by atoms with Crippen molar-refractivity contribution in [2.75, 3.05) is 13.2 Å². The van der Waals surface area contributed by atoms with Gasteiger partial charge in [-0.2, -0.15) is 0 Å². The Labute approximate surface area is 99.4 Å². The fourth-order valence-corrected chi connectivity index (χ4v) is 0.758. The fourth-order valence-electron chi connectivity index (χ4n) is 0.758. The van der Waals surface area contributed by atoms with Crippen LogP contribution in [0.15, 0.2) is 0 Å². The van der Waals surface area contributed by atoms with Gasteiger partial charge in [-0.3, -0.25) is 9.59 Å². The lowest BCUT2D eigenvalue weighted by Crippen LogP contribution is -2.30. The van der Waals surface area contributed by atoms with Gasteiger partial charge in [0.15, 0.2) is 6.61 Å². The van der Waals surface area contributed by atoms with Crippen molar-refractivity contribution >= 4 is 17.9 Å². The van der Waals surface area contributed by atoms with E-state index in [1.807, 2.05) is 0 Å². The number of nitrogens with one attached hydrogen (secondary N) is 1. The highest BCUT2D eigenvalue weighted by Crippen LogP contribution is 2.06. The molecule has 0 atom stereocenters. The molecule has 0 rings (SSSR count). The lowest BCUT2D eigenvalue weighted by molar-refractivity contribution is -0.168. The van der Waals surface area contributed by atoms with Gasteiger partial charge in [-0.15, -0.1) is 5.48 Å². The van der Waals surface area contributed by atoms with Gasteiger partial charge in [0.2, 0.25) is 0 Å².